The van der Waals surface area contributed by atoms with Crippen molar-refractivity contribution >= 4 is 18.9 Å². The third kappa shape index (κ3) is 7.11. The molecule has 0 bridgehead atoms. The van der Waals surface area contributed by atoms with E-state index in [9.17, 15) is 10.1 Å². The van der Waals surface area contributed by atoms with Gasteiger partial charge in [0.15, 0.2) is 0 Å². The number of hydrogen-bond donors (Lipinski definition) is 1. The van der Waals surface area contributed by atoms with Crippen molar-refractivity contribution in [1.82, 2.24) is 0 Å². The molecule has 0 saturated carbocycles. The smallest absolute Gasteiger partial charge is 0.265 e. The van der Waals surface area contributed by atoms with Crippen LogP contribution in [0, 0.1) is 25.2 Å². The first-order chi connectivity index (χ1) is 13.9. The van der Waals surface area contributed by atoms with Gasteiger partial charge in [-0.3, -0.25) is 4.79 Å². The van der Waals surface area contributed by atoms with E-state index < -0.39 is 7.26 Å². The zero-order valence-corrected chi connectivity index (χ0v) is 20.5. The van der Waals surface area contributed by atoms with Crippen LogP contribution in [0.1, 0.15) is 89.3 Å². The van der Waals surface area contributed by atoms with E-state index in [4.69, 9.17) is 0 Å². The SMILES string of the molecule is CCCC[P+](CCCC)(CCCC)C(CC)C(=O)Nc1c(C)cc(C#N)cc1C. The number of nitriles is 1. The van der Waals surface area contributed by atoms with Gasteiger partial charge in [0, 0.05) is 12.9 Å². The van der Waals surface area contributed by atoms with Crippen molar-refractivity contribution < 1.29 is 4.79 Å². The maximum absolute atomic E-state index is 13.6. The molecule has 3 nitrogen and oxygen atoms in total. The molecule has 1 N–H and O–H groups in total. The van der Waals surface area contributed by atoms with Crippen LogP contribution in [0.15, 0.2) is 12.1 Å². The highest BCUT2D eigenvalue weighted by Gasteiger charge is 2.47. The van der Waals surface area contributed by atoms with Gasteiger partial charge in [0.25, 0.3) is 5.91 Å². The number of hydrogen-bond acceptors (Lipinski definition) is 2. The molecule has 1 rings (SSSR count). The fourth-order valence-corrected chi connectivity index (χ4v) is 10.3. The van der Waals surface area contributed by atoms with E-state index in [1.807, 2.05) is 26.0 Å². The van der Waals surface area contributed by atoms with E-state index in [1.165, 1.54) is 57.0 Å². The average Bonchev–Trinajstić information content (AvgIpc) is 2.71. The zero-order valence-electron chi connectivity index (χ0n) is 19.6. The lowest BCUT2D eigenvalue weighted by atomic mass is 10.0. The molecule has 0 aliphatic heterocycles. The molecule has 1 atom stereocenters. The van der Waals surface area contributed by atoms with Crippen molar-refractivity contribution in [2.75, 3.05) is 23.8 Å². The van der Waals surface area contributed by atoms with Gasteiger partial charge in [-0.25, -0.2) is 0 Å². The Kier molecular flexibility index (Phi) is 11.5. The molecule has 0 aliphatic carbocycles. The minimum absolute atomic E-state index is 0.140. The standard InChI is InChI=1S/C25H41N2OP/c1-7-11-14-29(15-12-8-2,16-13-9-3)23(10-4)25(28)27-24-20(5)17-22(19-26)18-21(24)6/h17-18,23H,7-16H2,1-6H3/p+1. The number of amides is 1. The molecule has 0 radical (unpaired) electrons. The lowest BCUT2D eigenvalue weighted by Gasteiger charge is -2.34. The Hall–Kier alpha value is -1.39. The van der Waals surface area contributed by atoms with E-state index in [-0.39, 0.29) is 11.6 Å². The van der Waals surface area contributed by atoms with E-state index in [0.717, 1.165) is 23.2 Å². The average molecular weight is 418 g/mol. The lowest BCUT2D eigenvalue weighted by Crippen LogP contribution is -2.34. The van der Waals surface area contributed by atoms with Crippen molar-refractivity contribution in [3.63, 3.8) is 0 Å². The number of unbranched alkanes of at least 4 members (excludes halogenated alkanes) is 3. The molecule has 162 valence electrons. The summed E-state index contributed by atoms with van der Waals surface area (Å²) in [6.07, 6.45) is 12.0. The second kappa shape index (κ2) is 13.0. The second-order valence-corrected chi connectivity index (χ2v) is 12.9. The van der Waals surface area contributed by atoms with Crippen molar-refractivity contribution in [3.8, 4) is 6.07 Å². The number of nitrogens with zero attached hydrogens (tertiary/aromatic N) is 1. The Balaban J connectivity index is 3.24. The zero-order chi connectivity index (χ0) is 21.9. The minimum atomic E-state index is -1.36. The molecule has 0 aliphatic rings. The van der Waals surface area contributed by atoms with Crippen LogP contribution in [0.4, 0.5) is 5.69 Å². The Morgan fingerprint density at radius 3 is 1.76 bits per heavy atom. The monoisotopic (exact) mass is 417 g/mol. The molecule has 1 aromatic carbocycles. The van der Waals surface area contributed by atoms with E-state index in [0.29, 0.717) is 5.56 Å². The summed E-state index contributed by atoms with van der Waals surface area (Å²) < 4.78 is 0. The molecule has 1 amide bonds. The molecule has 0 saturated heterocycles. The summed E-state index contributed by atoms with van der Waals surface area (Å²) in [7, 11) is -1.36. The van der Waals surface area contributed by atoms with Crippen LogP contribution < -0.4 is 5.32 Å². The van der Waals surface area contributed by atoms with Gasteiger partial charge in [0.05, 0.1) is 30.1 Å². The number of carbonyl (C=O) groups excluding carboxylic acids is 1. The maximum atomic E-state index is 13.6. The van der Waals surface area contributed by atoms with Crippen LogP contribution in [0.5, 0.6) is 0 Å². The maximum Gasteiger partial charge on any atom is 0.265 e. The number of benzene rings is 1. The molecule has 0 heterocycles. The Morgan fingerprint density at radius 2 is 1.41 bits per heavy atom. The highest BCUT2D eigenvalue weighted by molar-refractivity contribution is 7.77. The van der Waals surface area contributed by atoms with Gasteiger partial charge in [0.1, 0.15) is 5.66 Å². The lowest BCUT2D eigenvalue weighted by molar-refractivity contribution is -0.115. The van der Waals surface area contributed by atoms with Crippen LogP contribution in [0.3, 0.4) is 0 Å². The molecule has 0 fully saturated rings. The quantitative estimate of drug-likeness (QED) is 0.342. The summed E-state index contributed by atoms with van der Waals surface area (Å²) in [6, 6.07) is 5.95. The highest BCUT2D eigenvalue weighted by Crippen LogP contribution is 2.65. The van der Waals surface area contributed by atoms with Crippen molar-refractivity contribution in [3.05, 3.63) is 28.8 Å². The van der Waals surface area contributed by atoms with Crippen LogP contribution in [0.2, 0.25) is 0 Å². The van der Waals surface area contributed by atoms with Gasteiger partial charge in [-0.1, -0.05) is 47.0 Å². The normalized spacial score (nSPS) is 12.4. The number of nitrogens with one attached hydrogen (secondary N) is 1. The van der Waals surface area contributed by atoms with Gasteiger partial charge in [-0.15, -0.1) is 0 Å². The predicted molar refractivity (Wildman–Crippen MR) is 130 cm³/mol. The second-order valence-electron chi connectivity index (χ2n) is 8.46. The molecular weight excluding hydrogens is 375 g/mol. The summed E-state index contributed by atoms with van der Waals surface area (Å²) in [4.78, 5) is 13.6. The molecule has 1 aromatic rings. The first kappa shape index (κ1) is 25.6. The predicted octanol–water partition coefficient (Wildman–Crippen LogP) is 7.31. The van der Waals surface area contributed by atoms with Gasteiger partial charge in [-0.05, 0) is 62.8 Å². The van der Waals surface area contributed by atoms with E-state index in [2.05, 4.69) is 39.1 Å². The summed E-state index contributed by atoms with van der Waals surface area (Å²) in [5.41, 5.74) is 3.64. The number of rotatable bonds is 13. The molecular formula is C25H42N2OP+. The van der Waals surface area contributed by atoms with Crippen molar-refractivity contribution in [2.45, 2.75) is 92.1 Å². The fraction of sp³-hybridized carbons (Fsp3) is 0.680. The van der Waals surface area contributed by atoms with Crippen molar-refractivity contribution in [2.24, 2.45) is 0 Å². The van der Waals surface area contributed by atoms with E-state index in [1.54, 1.807) is 0 Å². The van der Waals surface area contributed by atoms with Gasteiger partial charge >= 0.3 is 0 Å². The summed E-state index contributed by atoms with van der Waals surface area (Å²) >= 11 is 0. The summed E-state index contributed by atoms with van der Waals surface area (Å²) in [5.74, 6) is 0.208. The largest absolute Gasteiger partial charge is 0.322 e. The van der Waals surface area contributed by atoms with Gasteiger partial charge in [-0.2, -0.15) is 5.26 Å². The number of carbonyl (C=O) groups is 1. The molecule has 4 heteroatoms. The Labute approximate surface area is 180 Å². The topological polar surface area (TPSA) is 52.9 Å². The third-order valence-corrected chi connectivity index (χ3v) is 11.7. The van der Waals surface area contributed by atoms with Crippen LogP contribution in [0.25, 0.3) is 0 Å². The Bertz CT molecular complexity index is 648. The summed E-state index contributed by atoms with van der Waals surface area (Å²) in [5, 5.41) is 12.5. The minimum Gasteiger partial charge on any atom is -0.322 e. The summed E-state index contributed by atoms with van der Waals surface area (Å²) in [6.45, 7) is 13.0. The number of anilines is 1. The first-order valence-corrected chi connectivity index (χ1v) is 14.0. The molecule has 1 unspecified atom stereocenters. The third-order valence-electron chi connectivity index (χ3n) is 6.13. The van der Waals surface area contributed by atoms with E-state index >= 15 is 0 Å². The molecule has 0 spiro atoms. The van der Waals surface area contributed by atoms with Gasteiger partial charge in [0.2, 0.25) is 0 Å². The van der Waals surface area contributed by atoms with Crippen LogP contribution in [-0.4, -0.2) is 30.1 Å². The fourth-order valence-electron chi connectivity index (χ4n) is 4.48. The van der Waals surface area contributed by atoms with Gasteiger partial charge < -0.3 is 5.32 Å². The van der Waals surface area contributed by atoms with Crippen molar-refractivity contribution in [1.29, 1.82) is 5.26 Å². The molecule has 0 aromatic heterocycles. The molecule has 29 heavy (non-hydrogen) atoms. The Morgan fingerprint density at radius 1 is 0.966 bits per heavy atom. The van der Waals surface area contributed by atoms with Crippen LogP contribution in [-0.2, 0) is 4.79 Å². The highest BCUT2D eigenvalue weighted by atomic mass is 31.2. The van der Waals surface area contributed by atoms with Crippen LogP contribution >= 0.6 is 7.26 Å². The first-order valence-electron chi connectivity index (χ1n) is 11.6. The number of aryl methyl sites for hydroxylation is 2.